The van der Waals surface area contributed by atoms with Crippen LogP contribution in [0.5, 0.6) is 0 Å². The lowest BCUT2D eigenvalue weighted by Gasteiger charge is -2.32. The lowest BCUT2D eigenvalue weighted by atomic mass is 9.77. The molecule has 3 aromatic rings. The number of amides is 1. The van der Waals surface area contributed by atoms with E-state index in [0.717, 1.165) is 15.5 Å². The summed E-state index contributed by atoms with van der Waals surface area (Å²) < 4.78 is 19.1. The molecule has 1 heterocycles. The lowest BCUT2D eigenvalue weighted by molar-refractivity contribution is 0.00578. The number of nitrogens with one attached hydrogen (secondary N) is 1. The highest BCUT2D eigenvalue weighted by Crippen LogP contribution is 2.44. The predicted molar refractivity (Wildman–Crippen MR) is 156 cm³/mol. The van der Waals surface area contributed by atoms with Gasteiger partial charge in [0, 0.05) is 16.9 Å². The minimum atomic E-state index is -0.622. The van der Waals surface area contributed by atoms with E-state index in [0.29, 0.717) is 5.02 Å². The SMILES string of the molecule is CC1(C)OB(C(=Cc2ccc(Cl)c(Br)c2)CNC(=O)OCC2c3ccccc3-c3ccccc32)OC1(C)C. The molecule has 0 unspecified atom stereocenters. The number of benzene rings is 3. The second-order valence-corrected chi connectivity index (χ2v) is 11.9. The van der Waals surface area contributed by atoms with Crippen molar-refractivity contribution >= 4 is 46.8 Å². The molecular weight excluding hydrogens is 565 g/mol. The number of hydrogen-bond acceptors (Lipinski definition) is 4. The molecule has 1 fully saturated rings. The van der Waals surface area contributed by atoms with Crippen molar-refractivity contribution < 1.29 is 18.8 Å². The summed E-state index contributed by atoms with van der Waals surface area (Å²) in [5.74, 6) is -0.00215. The van der Waals surface area contributed by atoms with Crippen LogP contribution in [0, 0.1) is 0 Å². The van der Waals surface area contributed by atoms with Crippen LogP contribution in [0.15, 0.2) is 76.7 Å². The van der Waals surface area contributed by atoms with E-state index < -0.39 is 24.4 Å². The van der Waals surface area contributed by atoms with Gasteiger partial charge in [-0.15, -0.1) is 0 Å². The summed E-state index contributed by atoms with van der Waals surface area (Å²) in [5.41, 5.74) is 5.38. The van der Waals surface area contributed by atoms with Crippen molar-refractivity contribution in [2.75, 3.05) is 13.2 Å². The molecule has 0 saturated carbocycles. The third-order valence-corrected chi connectivity index (χ3v) is 8.85. The Morgan fingerprint density at radius 2 is 1.58 bits per heavy atom. The number of hydrogen-bond donors (Lipinski definition) is 1. The third-order valence-electron chi connectivity index (χ3n) is 7.63. The van der Waals surface area contributed by atoms with Gasteiger partial charge in [-0.2, -0.15) is 0 Å². The number of ether oxygens (including phenoxy) is 1. The zero-order valence-corrected chi connectivity index (χ0v) is 24.2. The molecule has 5 nitrogen and oxygen atoms in total. The maximum Gasteiger partial charge on any atom is 0.492 e. The number of carbonyl (C=O) groups is 1. The van der Waals surface area contributed by atoms with Crippen LogP contribution in [0.3, 0.4) is 0 Å². The van der Waals surface area contributed by atoms with Crippen molar-refractivity contribution in [2.45, 2.75) is 44.8 Å². The molecule has 8 heteroatoms. The standard InChI is InChI=1S/C30H30BBrClNO4/c1-29(2)30(3,4)38-31(37-29)20(15-19-13-14-27(33)26(32)16-19)17-34-28(35)36-18-25-23-11-7-5-9-21(23)22-10-6-8-12-24(22)25/h5-16,25H,17-18H2,1-4H3,(H,34,35). The summed E-state index contributed by atoms with van der Waals surface area (Å²) in [6.07, 6.45) is 1.46. The minimum absolute atomic E-state index is 0.00215. The molecule has 1 saturated heterocycles. The number of halogens is 2. The van der Waals surface area contributed by atoms with Gasteiger partial charge in [0.15, 0.2) is 0 Å². The highest BCUT2D eigenvalue weighted by Gasteiger charge is 2.52. The van der Waals surface area contributed by atoms with E-state index in [-0.39, 0.29) is 19.1 Å². The normalized spacial score (nSPS) is 17.7. The fourth-order valence-electron chi connectivity index (χ4n) is 4.84. The Bertz CT molecular complexity index is 1350. The second-order valence-electron chi connectivity index (χ2n) is 10.7. The summed E-state index contributed by atoms with van der Waals surface area (Å²) in [5, 5.41) is 3.53. The number of fused-ring (bicyclic) bond motifs is 3. The highest BCUT2D eigenvalue weighted by molar-refractivity contribution is 9.10. The Hall–Kier alpha value is -2.58. The first-order chi connectivity index (χ1) is 18.1. The molecule has 1 N–H and O–H groups in total. The van der Waals surface area contributed by atoms with Crippen LogP contribution in [-0.4, -0.2) is 37.6 Å². The van der Waals surface area contributed by atoms with E-state index in [1.807, 2.05) is 76.2 Å². The van der Waals surface area contributed by atoms with Gasteiger partial charge in [0.2, 0.25) is 0 Å². The number of carbonyl (C=O) groups excluding carboxylic acids is 1. The summed E-state index contributed by atoms with van der Waals surface area (Å²) in [7, 11) is -0.622. The maximum atomic E-state index is 12.9. The van der Waals surface area contributed by atoms with Crippen LogP contribution in [0.25, 0.3) is 17.2 Å². The van der Waals surface area contributed by atoms with Crippen LogP contribution in [0.4, 0.5) is 4.79 Å². The average molecular weight is 595 g/mol. The third kappa shape index (κ3) is 5.30. The molecule has 0 spiro atoms. The topological polar surface area (TPSA) is 56.8 Å². The van der Waals surface area contributed by atoms with Crippen molar-refractivity contribution in [2.24, 2.45) is 0 Å². The summed E-state index contributed by atoms with van der Waals surface area (Å²) in [6, 6.07) is 22.2. The van der Waals surface area contributed by atoms with Crippen molar-refractivity contribution in [3.05, 3.63) is 98.4 Å². The fourth-order valence-corrected chi connectivity index (χ4v) is 5.35. The van der Waals surface area contributed by atoms with E-state index in [2.05, 4.69) is 45.5 Å². The maximum absolute atomic E-state index is 12.9. The van der Waals surface area contributed by atoms with Gasteiger partial charge >= 0.3 is 13.2 Å². The molecule has 3 aromatic carbocycles. The molecule has 0 radical (unpaired) electrons. The number of alkyl carbamates (subject to hydrolysis) is 1. The Kier molecular flexibility index (Phi) is 7.49. The lowest BCUT2D eigenvalue weighted by Crippen LogP contribution is -2.41. The van der Waals surface area contributed by atoms with Crippen LogP contribution in [0.2, 0.25) is 5.02 Å². The van der Waals surface area contributed by atoms with Gasteiger partial charge in [-0.1, -0.05) is 72.3 Å². The molecule has 1 aliphatic carbocycles. The van der Waals surface area contributed by atoms with Crippen molar-refractivity contribution in [3.63, 3.8) is 0 Å². The van der Waals surface area contributed by atoms with Crippen molar-refractivity contribution in [1.29, 1.82) is 0 Å². The first-order valence-electron chi connectivity index (χ1n) is 12.7. The molecular formula is C30H30BBrClNO4. The molecule has 1 amide bonds. The summed E-state index contributed by atoms with van der Waals surface area (Å²) in [6.45, 7) is 8.46. The monoisotopic (exact) mass is 593 g/mol. The van der Waals surface area contributed by atoms with Crippen molar-refractivity contribution in [3.8, 4) is 11.1 Å². The van der Waals surface area contributed by atoms with Crippen LogP contribution >= 0.6 is 27.5 Å². The largest absolute Gasteiger partial charge is 0.492 e. The van der Waals surface area contributed by atoms with E-state index in [4.69, 9.17) is 25.6 Å². The van der Waals surface area contributed by atoms with E-state index in [1.165, 1.54) is 22.3 Å². The van der Waals surface area contributed by atoms with Crippen LogP contribution in [0.1, 0.15) is 50.3 Å². The van der Waals surface area contributed by atoms with Gasteiger partial charge in [0.05, 0.1) is 16.2 Å². The average Bonchev–Trinajstić information content (AvgIpc) is 3.31. The van der Waals surface area contributed by atoms with E-state index in [1.54, 1.807) is 0 Å². The molecule has 0 aromatic heterocycles. The second kappa shape index (κ2) is 10.5. The zero-order valence-electron chi connectivity index (χ0n) is 21.9. The Labute approximate surface area is 237 Å². The molecule has 2 aliphatic rings. The first kappa shape index (κ1) is 27.0. The smallest absolute Gasteiger partial charge is 0.449 e. The van der Waals surface area contributed by atoms with E-state index >= 15 is 0 Å². The molecule has 1 aliphatic heterocycles. The predicted octanol–water partition coefficient (Wildman–Crippen LogP) is 7.66. The molecule has 0 bridgehead atoms. The summed E-state index contributed by atoms with van der Waals surface area (Å²) in [4.78, 5) is 12.9. The zero-order chi connectivity index (χ0) is 27.1. The van der Waals surface area contributed by atoms with Gasteiger partial charge in [-0.25, -0.2) is 4.79 Å². The fraction of sp³-hybridized carbons (Fsp3) is 0.300. The van der Waals surface area contributed by atoms with Gasteiger partial charge in [-0.3, -0.25) is 0 Å². The Morgan fingerprint density at radius 3 is 2.16 bits per heavy atom. The summed E-state index contributed by atoms with van der Waals surface area (Å²) >= 11 is 9.66. The van der Waals surface area contributed by atoms with Gasteiger partial charge in [-0.05, 0) is 89.0 Å². The van der Waals surface area contributed by atoms with Crippen molar-refractivity contribution in [1.82, 2.24) is 5.32 Å². The molecule has 196 valence electrons. The first-order valence-corrected chi connectivity index (χ1v) is 13.8. The minimum Gasteiger partial charge on any atom is -0.449 e. The van der Waals surface area contributed by atoms with Crippen LogP contribution < -0.4 is 5.32 Å². The molecule has 0 atom stereocenters. The van der Waals surface area contributed by atoms with E-state index in [9.17, 15) is 4.79 Å². The Balaban J connectivity index is 1.30. The van der Waals surface area contributed by atoms with Gasteiger partial charge in [0.1, 0.15) is 6.61 Å². The quantitative estimate of drug-likeness (QED) is 0.298. The van der Waals surface area contributed by atoms with Gasteiger partial charge in [0.25, 0.3) is 0 Å². The number of rotatable bonds is 6. The van der Waals surface area contributed by atoms with Crippen LogP contribution in [-0.2, 0) is 14.0 Å². The molecule has 38 heavy (non-hydrogen) atoms. The Morgan fingerprint density at radius 1 is 1.00 bits per heavy atom. The van der Waals surface area contributed by atoms with Gasteiger partial charge < -0.3 is 19.4 Å². The highest BCUT2D eigenvalue weighted by atomic mass is 79.9. The molecule has 5 rings (SSSR count).